The fourth-order valence-corrected chi connectivity index (χ4v) is 3.84. The summed E-state index contributed by atoms with van der Waals surface area (Å²) in [6, 6.07) is 4.48. The summed E-state index contributed by atoms with van der Waals surface area (Å²) < 4.78 is 6.24. The van der Waals surface area contributed by atoms with Crippen LogP contribution < -0.4 is 10.6 Å². The lowest BCUT2D eigenvalue weighted by Gasteiger charge is -2.29. The molecule has 4 amide bonds. The van der Waals surface area contributed by atoms with Gasteiger partial charge in [-0.1, -0.05) is 16.4 Å². The van der Waals surface area contributed by atoms with Gasteiger partial charge in [0, 0.05) is 25.5 Å². The minimum absolute atomic E-state index is 0.0759. The quantitative estimate of drug-likeness (QED) is 0.494. The molecule has 33 heavy (non-hydrogen) atoms. The average molecular weight is 450 g/mol. The number of amides is 4. The monoisotopic (exact) mass is 450 g/mol. The van der Waals surface area contributed by atoms with E-state index in [0.717, 1.165) is 5.56 Å². The van der Waals surface area contributed by atoms with Crippen molar-refractivity contribution >= 4 is 23.6 Å². The van der Waals surface area contributed by atoms with E-state index in [1.54, 1.807) is 25.1 Å². The molecule has 0 spiro atoms. The van der Waals surface area contributed by atoms with Crippen molar-refractivity contribution in [3.63, 3.8) is 0 Å². The van der Waals surface area contributed by atoms with Crippen molar-refractivity contribution in [2.45, 2.75) is 38.9 Å². The highest BCUT2D eigenvalue weighted by molar-refractivity contribution is 6.05. The van der Waals surface area contributed by atoms with Crippen molar-refractivity contribution in [3.05, 3.63) is 52.9 Å². The SMILES string of the molecule is Cc1nc(CNC(=O)c2cn(-c3ccc4c(c3)C(=O)N(C3CCC(=O)NC3=O)C4)nn2)no1. The van der Waals surface area contributed by atoms with E-state index in [-0.39, 0.29) is 37.0 Å². The van der Waals surface area contributed by atoms with Gasteiger partial charge in [0.25, 0.3) is 11.8 Å². The molecule has 1 atom stereocenters. The first-order valence-corrected chi connectivity index (χ1v) is 10.2. The molecule has 2 aromatic heterocycles. The molecule has 0 bridgehead atoms. The second-order valence-corrected chi connectivity index (χ2v) is 7.70. The maximum absolute atomic E-state index is 13.0. The molecule has 13 nitrogen and oxygen atoms in total. The van der Waals surface area contributed by atoms with Gasteiger partial charge >= 0.3 is 0 Å². The maximum atomic E-state index is 13.0. The number of imide groups is 1. The number of piperidine rings is 1. The molecule has 2 N–H and O–H groups in total. The zero-order chi connectivity index (χ0) is 23.1. The first-order chi connectivity index (χ1) is 15.9. The fraction of sp³-hybridized carbons (Fsp3) is 0.300. The third-order valence-corrected chi connectivity index (χ3v) is 5.48. The van der Waals surface area contributed by atoms with Crippen LogP contribution in [-0.2, 0) is 22.7 Å². The molecule has 1 fully saturated rings. The summed E-state index contributed by atoms with van der Waals surface area (Å²) in [5.74, 6) is -0.824. The number of fused-ring (bicyclic) bond motifs is 1. The van der Waals surface area contributed by atoms with Crippen LogP contribution in [0.25, 0.3) is 5.69 Å². The normalized spacial score (nSPS) is 17.8. The van der Waals surface area contributed by atoms with E-state index < -0.39 is 17.9 Å². The van der Waals surface area contributed by atoms with Crippen molar-refractivity contribution in [1.29, 1.82) is 0 Å². The Hall–Kier alpha value is -4.42. The van der Waals surface area contributed by atoms with E-state index in [2.05, 4.69) is 31.1 Å². The summed E-state index contributed by atoms with van der Waals surface area (Å²) in [6.07, 6.45) is 1.93. The average Bonchev–Trinajstić information content (AvgIpc) is 3.52. The fourth-order valence-electron chi connectivity index (χ4n) is 3.84. The van der Waals surface area contributed by atoms with E-state index in [1.165, 1.54) is 15.8 Å². The Morgan fingerprint density at radius 1 is 1.30 bits per heavy atom. The van der Waals surface area contributed by atoms with Gasteiger partial charge in [-0.05, 0) is 24.1 Å². The molecule has 0 saturated carbocycles. The van der Waals surface area contributed by atoms with Crippen molar-refractivity contribution in [2.24, 2.45) is 0 Å². The molecular formula is C20H18N8O5. The van der Waals surface area contributed by atoms with Gasteiger partial charge in [0.15, 0.2) is 11.5 Å². The Bertz CT molecular complexity index is 1300. The lowest BCUT2D eigenvalue weighted by molar-refractivity contribution is -0.136. The zero-order valence-electron chi connectivity index (χ0n) is 17.4. The standard InChI is InChI=1S/C20H18N8O5/c1-10-22-16(25-33-10)7-21-18(30)14-9-28(26-24-14)12-3-2-11-8-27(20(32)13(11)6-12)15-4-5-17(29)23-19(15)31/h2-3,6,9,15H,4-5,7-8H2,1H3,(H,21,30)(H,23,29,31). The van der Waals surface area contributed by atoms with E-state index in [0.29, 0.717) is 29.4 Å². The summed E-state index contributed by atoms with van der Waals surface area (Å²) in [4.78, 5) is 54.4. The molecule has 1 unspecified atom stereocenters. The lowest BCUT2D eigenvalue weighted by atomic mass is 10.0. The number of aromatic nitrogens is 5. The van der Waals surface area contributed by atoms with Gasteiger partial charge in [0.05, 0.1) is 18.4 Å². The first kappa shape index (κ1) is 20.5. The second-order valence-electron chi connectivity index (χ2n) is 7.70. The van der Waals surface area contributed by atoms with Gasteiger partial charge in [-0.25, -0.2) is 4.68 Å². The predicted molar refractivity (Wildman–Crippen MR) is 108 cm³/mol. The predicted octanol–water partition coefficient (Wildman–Crippen LogP) is -0.350. The van der Waals surface area contributed by atoms with E-state index in [4.69, 9.17) is 4.52 Å². The summed E-state index contributed by atoms with van der Waals surface area (Å²) in [5, 5.41) is 16.5. The van der Waals surface area contributed by atoms with Crippen molar-refractivity contribution in [1.82, 2.24) is 40.7 Å². The van der Waals surface area contributed by atoms with Crippen LogP contribution >= 0.6 is 0 Å². The molecule has 0 radical (unpaired) electrons. The molecule has 1 saturated heterocycles. The van der Waals surface area contributed by atoms with E-state index in [9.17, 15) is 19.2 Å². The van der Waals surface area contributed by atoms with Crippen LogP contribution in [-0.4, -0.2) is 59.7 Å². The Labute approximate surface area is 186 Å². The van der Waals surface area contributed by atoms with Crippen LogP contribution in [0.4, 0.5) is 0 Å². The topological polar surface area (TPSA) is 165 Å². The van der Waals surface area contributed by atoms with Crippen molar-refractivity contribution in [3.8, 4) is 5.69 Å². The number of aryl methyl sites for hydroxylation is 1. The Morgan fingerprint density at radius 2 is 2.15 bits per heavy atom. The Balaban J connectivity index is 1.30. The molecule has 5 rings (SSSR count). The number of benzene rings is 1. The van der Waals surface area contributed by atoms with Crippen molar-refractivity contribution in [2.75, 3.05) is 0 Å². The largest absolute Gasteiger partial charge is 0.343 e. The second kappa shape index (κ2) is 7.93. The van der Waals surface area contributed by atoms with E-state index >= 15 is 0 Å². The van der Waals surface area contributed by atoms with Crippen LogP contribution in [0.2, 0.25) is 0 Å². The first-order valence-electron chi connectivity index (χ1n) is 10.2. The molecule has 1 aromatic carbocycles. The van der Waals surface area contributed by atoms with E-state index in [1.807, 2.05) is 0 Å². The highest BCUT2D eigenvalue weighted by atomic mass is 16.5. The van der Waals surface area contributed by atoms with Gasteiger partial charge < -0.3 is 14.7 Å². The van der Waals surface area contributed by atoms with Crippen LogP contribution in [0.5, 0.6) is 0 Å². The number of hydrogen-bond donors (Lipinski definition) is 2. The van der Waals surface area contributed by atoms with Crippen LogP contribution in [0.1, 0.15) is 51.0 Å². The number of carbonyl (C=O) groups is 4. The Morgan fingerprint density at radius 3 is 2.91 bits per heavy atom. The van der Waals surface area contributed by atoms with Crippen LogP contribution in [0.3, 0.4) is 0 Å². The minimum Gasteiger partial charge on any atom is -0.343 e. The summed E-state index contributed by atoms with van der Waals surface area (Å²) >= 11 is 0. The summed E-state index contributed by atoms with van der Waals surface area (Å²) in [6.45, 7) is 2.00. The number of nitrogens with zero attached hydrogens (tertiary/aromatic N) is 6. The maximum Gasteiger partial charge on any atom is 0.273 e. The van der Waals surface area contributed by atoms with Gasteiger partial charge in [-0.15, -0.1) is 5.10 Å². The molecule has 0 aliphatic carbocycles. The number of nitrogens with one attached hydrogen (secondary N) is 2. The third kappa shape index (κ3) is 3.84. The highest BCUT2D eigenvalue weighted by Gasteiger charge is 2.39. The van der Waals surface area contributed by atoms with Crippen molar-refractivity contribution < 1.29 is 23.7 Å². The Kier molecular flexibility index (Phi) is 4.92. The lowest BCUT2D eigenvalue weighted by Crippen LogP contribution is -2.52. The molecule has 168 valence electrons. The molecule has 2 aliphatic heterocycles. The smallest absolute Gasteiger partial charge is 0.273 e. The summed E-state index contributed by atoms with van der Waals surface area (Å²) in [5.41, 5.74) is 1.81. The number of hydrogen-bond acceptors (Lipinski definition) is 9. The number of carbonyl (C=O) groups excluding carboxylic acids is 4. The van der Waals surface area contributed by atoms with Gasteiger partial charge in [-0.3, -0.25) is 24.5 Å². The van der Waals surface area contributed by atoms with Crippen LogP contribution in [0.15, 0.2) is 28.9 Å². The highest BCUT2D eigenvalue weighted by Crippen LogP contribution is 2.29. The molecule has 4 heterocycles. The zero-order valence-corrected chi connectivity index (χ0v) is 17.4. The molecular weight excluding hydrogens is 432 g/mol. The summed E-state index contributed by atoms with van der Waals surface area (Å²) in [7, 11) is 0. The molecule has 13 heteroatoms. The van der Waals surface area contributed by atoms with Gasteiger partial charge in [0.1, 0.15) is 6.04 Å². The minimum atomic E-state index is -0.685. The molecule has 3 aromatic rings. The van der Waals surface area contributed by atoms with Gasteiger partial charge in [-0.2, -0.15) is 4.98 Å². The third-order valence-electron chi connectivity index (χ3n) is 5.48. The molecule has 2 aliphatic rings. The van der Waals surface area contributed by atoms with Gasteiger partial charge in [0.2, 0.25) is 17.7 Å². The number of rotatable bonds is 5. The van der Waals surface area contributed by atoms with Crippen LogP contribution in [0, 0.1) is 6.92 Å².